The minimum Gasteiger partial charge on any atom is -0.347 e. The summed E-state index contributed by atoms with van der Waals surface area (Å²) in [7, 11) is 0. The van der Waals surface area contributed by atoms with E-state index < -0.39 is 0 Å². The van der Waals surface area contributed by atoms with Gasteiger partial charge in [0, 0.05) is 29.9 Å². The third-order valence-corrected chi connectivity index (χ3v) is 4.19. The number of carbonyl (C=O) groups excluding carboxylic acids is 1. The van der Waals surface area contributed by atoms with Crippen molar-refractivity contribution < 1.29 is 4.79 Å². The van der Waals surface area contributed by atoms with E-state index in [4.69, 9.17) is 0 Å². The van der Waals surface area contributed by atoms with Crippen molar-refractivity contribution in [3.05, 3.63) is 71.7 Å². The zero-order valence-electron chi connectivity index (χ0n) is 13.2. The van der Waals surface area contributed by atoms with E-state index in [0.717, 1.165) is 22.5 Å². The summed E-state index contributed by atoms with van der Waals surface area (Å²) in [6.45, 7) is 0.455. The topological polar surface area (TPSA) is 70.7 Å². The number of aromatic nitrogens is 3. The SMILES string of the molecule is O=C(NCc1ccc(C2CC2)nc1)c1cc(-c2ccccc2)n[nH]1. The van der Waals surface area contributed by atoms with Gasteiger partial charge in [0.2, 0.25) is 0 Å². The molecule has 0 radical (unpaired) electrons. The summed E-state index contributed by atoms with van der Waals surface area (Å²) in [6, 6.07) is 15.6. The molecule has 120 valence electrons. The molecule has 1 amide bonds. The maximum atomic E-state index is 12.2. The smallest absolute Gasteiger partial charge is 0.269 e. The average Bonchev–Trinajstić information content (AvgIpc) is 3.37. The van der Waals surface area contributed by atoms with E-state index in [1.54, 1.807) is 6.07 Å². The summed E-state index contributed by atoms with van der Waals surface area (Å²) in [5.74, 6) is 0.478. The molecule has 0 bridgehead atoms. The number of amides is 1. The van der Waals surface area contributed by atoms with Gasteiger partial charge >= 0.3 is 0 Å². The van der Waals surface area contributed by atoms with Crippen molar-refractivity contribution in [2.45, 2.75) is 25.3 Å². The van der Waals surface area contributed by atoms with Crippen LogP contribution in [0.15, 0.2) is 54.7 Å². The lowest BCUT2D eigenvalue weighted by Crippen LogP contribution is -2.23. The van der Waals surface area contributed by atoms with E-state index in [0.29, 0.717) is 18.2 Å². The molecule has 24 heavy (non-hydrogen) atoms. The van der Waals surface area contributed by atoms with Crippen LogP contribution in [0.1, 0.15) is 40.5 Å². The van der Waals surface area contributed by atoms with E-state index in [2.05, 4.69) is 26.6 Å². The highest BCUT2D eigenvalue weighted by Gasteiger charge is 2.24. The van der Waals surface area contributed by atoms with Crippen molar-refractivity contribution in [1.29, 1.82) is 0 Å². The van der Waals surface area contributed by atoms with Gasteiger partial charge in [0.25, 0.3) is 5.91 Å². The molecule has 0 atom stereocenters. The van der Waals surface area contributed by atoms with Crippen molar-refractivity contribution in [1.82, 2.24) is 20.5 Å². The molecule has 1 aromatic carbocycles. The summed E-state index contributed by atoms with van der Waals surface area (Å²) in [5, 5.41) is 9.89. The second kappa shape index (κ2) is 6.28. The third-order valence-electron chi connectivity index (χ3n) is 4.19. The molecule has 2 N–H and O–H groups in total. The minimum atomic E-state index is -0.170. The van der Waals surface area contributed by atoms with Crippen LogP contribution < -0.4 is 5.32 Å². The molecule has 1 aliphatic rings. The number of carbonyl (C=O) groups is 1. The van der Waals surface area contributed by atoms with Gasteiger partial charge in [-0.2, -0.15) is 5.10 Å². The van der Waals surface area contributed by atoms with E-state index >= 15 is 0 Å². The van der Waals surface area contributed by atoms with Gasteiger partial charge < -0.3 is 5.32 Å². The normalized spacial score (nSPS) is 13.7. The number of nitrogens with one attached hydrogen (secondary N) is 2. The van der Waals surface area contributed by atoms with Gasteiger partial charge in [-0.05, 0) is 30.5 Å². The third kappa shape index (κ3) is 3.20. The van der Waals surface area contributed by atoms with Gasteiger partial charge in [-0.25, -0.2) is 0 Å². The second-order valence-electron chi connectivity index (χ2n) is 6.08. The highest BCUT2D eigenvalue weighted by atomic mass is 16.1. The van der Waals surface area contributed by atoms with Gasteiger partial charge in [0.15, 0.2) is 0 Å². The monoisotopic (exact) mass is 318 g/mol. The number of hydrogen-bond acceptors (Lipinski definition) is 3. The Hall–Kier alpha value is -2.95. The number of aromatic amines is 1. The maximum absolute atomic E-state index is 12.2. The summed E-state index contributed by atoms with van der Waals surface area (Å²) in [4.78, 5) is 16.7. The lowest BCUT2D eigenvalue weighted by molar-refractivity contribution is 0.0946. The van der Waals surface area contributed by atoms with Crippen molar-refractivity contribution >= 4 is 5.91 Å². The van der Waals surface area contributed by atoms with Crippen LogP contribution in [0.2, 0.25) is 0 Å². The number of H-pyrrole nitrogens is 1. The number of hydrogen-bond donors (Lipinski definition) is 2. The Morgan fingerprint density at radius 2 is 2.00 bits per heavy atom. The Balaban J connectivity index is 1.38. The molecular formula is C19H18N4O. The standard InChI is InChI=1S/C19H18N4O/c24-19(18-10-17(22-23-18)14-4-2-1-3-5-14)21-12-13-6-9-16(20-11-13)15-7-8-15/h1-6,9-11,15H,7-8,12H2,(H,21,24)(H,22,23). The molecule has 0 saturated heterocycles. The Labute approximate surface area is 140 Å². The van der Waals surface area contributed by atoms with Crippen LogP contribution in [0, 0.1) is 0 Å². The average molecular weight is 318 g/mol. The lowest BCUT2D eigenvalue weighted by Gasteiger charge is -2.04. The molecule has 0 unspecified atom stereocenters. The lowest BCUT2D eigenvalue weighted by atomic mass is 10.1. The molecule has 2 heterocycles. The number of nitrogens with zero attached hydrogens (tertiary/aromatic N) is 2. The molecule has 0 spiro atoms. The summed E-state index contributed by atoms with van der Waals surface area (Å²) >= 11 is 0. The van der Waals surface area contributed by atoms with E-state index in [9.17, 15) is 4.79 Å². The van der Waals surface area contributed by atoms with Crippen molar-refractivity contribution in [2.24, 2.45) is 0 Å². The Kier molecular flexibility index (Phi) is 3.83. The van der Waals surface area contributed by atoms with Crippen LogP contribution in [0.25, 0.3) is 11.3 Å². The van der Waals surface area contributed by atoms with Gasteiger partial charge in [-0.3, -0.25) is 14.9 Å². The van der Waals surface area contributed by atoms with Crippen molar-refractivity contribution in [2.75, 3.05) is 0 Å². The molecule has 1 saturated carbocycles. The van der Waals surface area contributed by atoms with Gasteiger partial charge in [0.05, 0.1) is 5.69 Å². The highest BCUT2D eigenvalue weighted by Crippen LogP contribution is 2.38. The zero-order chi connectivity index (χ0) is 16.4. The zero-order valence-corrected chi connectivity index (χ0v) is 13.2. The summed E-state index contributed by atoms with van der Waals surface area (Å²) in [5.41, 5.74) is 4.35. The molecule has 3 aromatic rings. The first-order valence-corrected chi connectivity index (χ1v) is 8.13. The van der Waals surface area contributed by atoms with Crippen molar-refractivity contribution in [3.63, 3.8) is 0 Å². The van der Waals surface area contributed by atoms with Gasteiger partial charge in [-0.15, -0.1) is 0 Å². The van der Waals surface area contributed by atoms with Gasteiger partial charge in [0.1, 0.15) is 5.69 Å². The van der Waals surface area contributed by atoms with E-state index in [1.807, 2.05) is 42.6 Å². The number of pyridine rings is 1. The predicted octanol–water partition coefficient (Wildman–Crippen LogP) is 3.28. The Morgan fingerprint density at radius 3 is 2.71 bits per heavy atom. The van der Waals surface area contributed by atoms with Crippen LogP contribution in [0.5, 0.6) is 0 Å². The maximum Gasteiger partial charge on any atom is 0.269 e. The van der Waals surface area contributed by atoms with Gasteiger partial charge in [-0.1, -0.05) is 36.4 Å². The molecule has 5 nitrogen and oxygen atoms in total. The predicted molar refractivity (Wildman–Crippen MR) is 91.4 cm³/mol. The van der Waals surface area contributed by atoms with Crippen LogP contribution in [0.3, 0.4) is 0 Å². The quantitative estimate of drug-likeness (QED) is 0.758. The Morgan fingerprint density at radius 1 is 1.17 bits per heavy atom. The summed E-state index contributed by atoms with van der Waals surface area (Å²) in [6.07, 6.45) is 4.33. The largest absolute Gasteiger partial charge is 0.347 e. The Bertz CT molecular complexity index is 835. The number of benzene rings is 1. The first-order valence-electron chi connectivity index (χ1n) is 8.13. The van der Waals surface area contributed by atoms with E-state index in [1.165, 1.54) is 12.8 Å². The van der Waals surface area contributed by atoms with E-state index in [-0.39, 0.29) is 5.91 Å². The first kappa shape index (κ1) is 14.6. The molecule has 2 aromatic heterocycles. The van der Waals surface area contributed by atoms with Crippen molar-refractivity contribution in [3.8, 4) is 11.3 Å². The molecular weight excluding hydrogens is 300 g/mol. The fraction of sp³-hybridized carbons (Fsp3) is 0.211. The summed E-state index contributed by atoms with van der Waals surface area (Å²) < 4.78 is 0. The molecule has 0 aliphatic heterocycles. The molecule has 4 rings (SSSR count). The van der Waals surface area contributed by atoms with Crippen LogP contribution in [-0.2, 0) is 6.54 Å². The van der Waals surface area contributed by atoms with Crippen LogP contribution in [0.4, 0.5) is 0 Å². The highest BCUT2D eigenvalue weighted by molar-refractivity contribution is 5.93. The molecule has 5 heteroatoms. The first-order chi connectivity index (χ1) is 11.8. The van der Waals surface area contributed by atoms with Crippen LogP contribution >= 0.6 is 0 Å². The minimum absolute atomic E-state index is 0.170. The molecule has 1 aliphatic carbocycles. The second-order valence-corrected chi connectivity index (χ2v) is 6.08. The van der Waals surface area contributed by atoms with Crippen LogP contribution in [-0.4, -0.2) is 21.1 Å². The fourth-order valence-corrected chi connectivity index (χ4v) is 2.63. The molecule has 1 fully saturated rings. The fourth-order valence-electron chi connectivity index (χ4n) is 2.63. The number of rotatable bonds is 5.